The smallest absolute Gasteiger partial charge is 0.309 e. The molecule has 0 aliphatic heterocycles. The van der Waals surface area contributed by atoms with Gasteiger partial charge in [0.2, 0.25) is 5.88 Å². The summed E-state index contributed by atoms with van der Waals surface area (Å²) in [7, 11) is 1.54. The van der Waals surface area contributed by atoms with Crippen LogP contribution in [0.4, 0.5) is 4.39 Å². The molecule has 2 saturated carbocycles. The molecule has 0 radical (unpaired) electrons. The Bertz CT molecular complexity index is 1460. The van der Waals surface area contributed by atoms with Crippen LogP contribution in [0.25, 0.3) is 11.1 Å². The molecule has 2 atom stereocenters. The number of aromatic nitrogens is 1. The standard InChI is InChI=1S/C34H36FNO4/c1-4-33(13-6-7-14-33)28-16-22(8-11-25(28)26-18-31(38-3)36-20-30(26)35)21-40-24-10-9-23-12-15-34(27(23)17-24)19-29(34)32(37)39-5-2/h4,8-11,16-18,20,29H,1,5-7,12-15,19,21H2,2-3H3/t29-,34-/m0/s1. The van der Waals surface area contributed by atoms with E-state index in [9.17, 15) is 4.79 Å². The average molecular weight is 542 g/mol. The van der Waals surface area contributed by atoms with E-state index in [-0.39, 0.29) is 28.5 Å². The van der Waals surface area contributed by atoms with E-state index in [1.54, 1.807) is 6.07 Å². The number of carbonyl (C=O) groups is 1. The number of pyridine rings is 1. The van der Waals surface area contributed by atoms with Crippen LogP contribution in [-0.2, 0) is 33.4 Å². The van der Waals surface area contributed by atoms with Gasteiger partial charge in [-0.05, 0) is 79.0 Å². The molecule has 2 fully saturated rings. The van der Waals surface area contributed by atoms with E-state index in [0.29, 0.717) is 24.7 Å². The van der Waals surface area contributed by atoms with Crippen molar-refractivity contribution >= 4 is 5.97 Å². The van der Waals surface area contributed by atoms with E-state index < -0.39 is 0 Å². The number of halogens is 1. The number of rotatable bonds is 9. The third kappa shape index (κ3) is 4.47. The minimum Gasteiger partial charge on any atom is -0.489 e. The van der Waals surface area contributed by atoms with Crippen molar-refractivity contribution in [1.82, 2.24) is 4.98 Å². The quantitative estimate of drug-likeness (QED) is 0.211. The molecule has 6 heteroatoms. The molecule has 0 unspecified atom stereocenters. The molecule has 5 nitrogen and oxygen atoms in total. The largest absolute Gasteiger partial charge is 0.489 e. The number of fused-ring (bicyclic) bond motifs is 2. The summed E-state index contributed by atoms with van der Waals surface area (Å²) in [5, 5.41) is 0. The molecule has 1 spiro atoms. The van der Waals surface area contributed by atoms with Gasteiger partial charge >= 0.3 is 5.97 Å². The predicted molar refractivity (Wildman–Crippen MR) is 152 cm³/mol. The predicted octanol–water partition coefficient (Wildman–Crippen LogP) is 7.24. The molecule has 0 bridgehead atoms. The number of aryl methyl sites for hydroxylation is 1. The van der Waals surface area contributed by atoms with Crippen LogP contribution in [0.5, 0.6) is 11.6 Å². The van der Waals surface area contributed by atoms with Crippen molar-refractivity contribution in [1.29, 1.82) is 0 Å². The fraction of sp³-hybridized carbons (Fsp3) is 0.412. The van der Waals surface area contributed by atoms with Crippen molar-refractivity contribution in [3.63, 3.8) is 0 Å². The van der Waals surface area contributed by atoms with Crippen LogP contribution in [-0.4, -0.2) is 24.7 Å². The number of esters is 1. The van der Waals surface area contributed by atoms with Crippen LogP contribution in [0.3, 0.4) is 0 Å². The first-order valence-corrected chi connectivity index (χ1v) is 14.3. The lowest BCUT2D eigenvalue weighted by atomic mass is 9.75. The van der Waals surface area contributed by atoms with Gasteiger partial charge in [0.25, 0.3) is 0 Å². The summed E-state index contributed by atoms with van der Waals surface area (Å²) in [5.41, 5.74) is 5.62. The molecule has 40 heavy (non-hydrogen) atoms. The van der Waals surface area contributed by atoms with Crippen LogP contribution in [0.2, 0.25) is 0 Å². The van der Waals surface area contributed by atoms with Gasteiger partial charge in [0.05, 0.1) is 25.8 Å². The number of ether oxygens (including phenoxy) is 3. The Morgan fingerprint density at radius 3 is 2.67 bits per heavy atom. The summed E-state index contributed by atoms with van der Waals surface area (Å²) in [4.78, 5) is 16.5. The number of hydrogen-bond donors (Lipinski definition) is 0. The molecular formula is C34H36FNO4. The van der Waals surface area contributed by atoms with Gasteiger partial charge in [-0.1, -0.05) is 43.2 Å². The highest BCUT2D eigenvalue weighted by atomic mass is 19.1. The Kier molecular flexibility index (Phi) is 6.89. The number of carbonyl (C=O) groups excluding carboxylic acids is 1. The summed E-state index contributed by atoms with van der Waals surface area (Å²) < 4.78 is 32.0. The molecule has 1 heterocycles. The number of nitrogens with zero attached hydrogens (tertiary/aromatic N) is 1. The Morgan fingerprint density at radius 2 is 1.93 bits per heavy atom. The van der Waals surface area contributed by atoms with Crippen LogP contribution in [0, 0.1) is 11.7 Å². The van der Waals surface area contributed by atoms with Gasteiger partial charge in [0.15, 0.2) is 0 Å². The number of benzene rings is 2. The third-order valence-corrected chi connectivity index (χ3v) is 9.35. The van der Waals surface area contributed by atoms with Gasteiger partial charge in [-0.3, -0.25) is 4.79 Å². The van der Waals surface area contributed by atoms with Crippen LogP contribution >= 0.6 is 0 Å². The summed E-state index contributed by atoms with van der Waals surface area (Å²) >= 11 is 0. The first kappa shape index (κ1) is 26.5. The second-order valence-electron chi connectivity index (χ2n) is 11.4. The molecule has 3 aliphatic rings. The zero-order valence-electron chi connectivity index (χ0n) is 23.3. The summed E-state index contributed by atoms with van der Waals surface area (Å²) in [6, 6.07) is 14.1. The van der Waals surface area contributed by atoms with Gasteiger partial charge in [-0.2, -0.15) is 0 Å². The zero-order valence-corrected chi connectivity index (χ0v) is 23.3. The molecule has 2 aromatic carbocycles. The van der Waals surface area contributed by atoms with Crippen molar-refractivity contribution in [2.24, 2.45) is 5.92 Å². The maximum Gasteiger partial charge on any atom is 0.309 e. The fourth-order valence-corrected chi connectivity index (χ4v) is 7.07. The third-order valence-electron chi connectivity index (χ3n) is 9.35. The maximum atomic E-state index is 15.1. The highest BCUT2D eigenvalue weighted by molar-refractivity contribution is 5.80. The first-order valence-electron chi connectivity index (χ1n) is 14.3. The number of methoxy groups -OCH3 is 1. The van der Waals surface area contributed by atoms with Crippen molar-refractivity contribution in [3.8, 4) is 22.8 Å². The Hall–Kier alpha value is -3.67. The van der Waals surface area contributed by atoms with E-state index in [1.165, 1.54) is 24.4 Å². The van der Waals surface area contributed by atoms with Gasteiger partial charge in [0, 0.05) is 22.5 Å². The fourth-order valence-electron chi connectivity index (χ4n) is 7.07. The molecule has 0 amide bonds. The van der Waals surface area contributed by atoms with Gasteiger partial charge < -0.3 is 14.2 Å². The Labute approximate surface area is 235 Å². The highest BCUT2D eigenvalue weighted by Gasteiger charge is 2.62. The van der Waals surface area contributed by atoms with Crippen LogP contribution < -0.4 is 9.47 Å². The second kappa shape index (κ2) is 10.4. The average Bonchev–Trinajstić information content (AvgIpc) is 3.31. The van der Waals surface area contributed by atoms with Crippen LogP contribution in [0.1, 0.15) is 67.7 Å². The molecule has 1 aromatic heterocycles. The Morgan fingerprint density at radius 1 is 1.10 bits per heavy atom. The van der Waals surface area contributed by atoms with Crippen molar-refractivity contribution in [2.45, 2.75) is 69.3 Å². The van der Waals surface area contributed by atoms with Crippen LogP contribution in [0.15, 0.2) is 61.3 Å². The molecule has 3 aliphatic carbocycles. The summed E-state index contributed by atoms with van der Waals surface area (Å²) in [5.74, 6) is 0.665. The Balaban J connectivity index is 1.29. The lowest BCUT2D eigenvalue weighted by Crippen LogP contribution is -2.20. The van der Waals surface area contributed by atoms with E-state index in [4.69, 9.17) is 14.2 Å². The summed E-state index contributed by atoms with van der Waals surface area (Å²) in [6.45, 7) is 6.85. The second-order valence-corrected chi connectivity index (χ2v) is 11.4. The van der Waals surface area contributed by atoms with Crippen molar-refractivity contribution in [2.75, 3.05) is 13.7 Å². The normalized spacial score (nSPS) is 22.1. The molecule has 3 aromatic rings. The lowest BCUT2D eigenvalue weighted by molar-refractivity contribution is -0.145. The highest BCUT2D eigenvalue weighted by Crippen LogP contribution is 2.62. The number of allylic oxidation sites excluding steroid dienone is 1. The van der Waals surface area contributed by atoms with Crippen molar-refractivity contribution in [3.05, 3.63) is 89.4 Å². The summed E-state index contributed by atoms with van der Waals surface area (Å²) in [6.07, 6.45) is 10.3. The number of hydrogen-bond acceptors (Lipinski definition) is 5. The van der Waals surface area contributed by atoms with Gasteiger partial charge in [-0.15, -0.1) is 6.58 Å². The molecule has 0 N–H and O–H groups in total. The minimum absolute atomic E-state index is 0.0484. The van der Waals surface area contributed by atoms with E-state index in [0.717, 1.165) is 67.4 Å². The molecular weight excluding hydrogens is 505 g/mol. The molecule has 6 rings (SSSR count). The first-order chi connectivity index (χ1) is 19.4. The van der Waals surface area contributed by atoms with Gasteiger partial charge in [0.1, 0.15) is 18.2 Å². The molecule has 208 valence electrons. The van der Waals surface area contributed by atoms with Crippen molar-refractivity contribution < 1.29 is 23.4 Å². The van der Waals surface area contributed by atoms with E-state index >= 15 is 4.39 Å². The van der Waals surface area contributed by atoms with Gasteiger partial charge in [-0.25, -0.2) is 9.37 Å². The zero-order chi connectivity index (χ0) is 27.9. The van der Waals surface area contributed by atoms with E-state index in [1.807, 2.05) is 31.2 Å². The SMILES string of the molecule is C=CC1(c2cc(COc3ccc4c(c3)[C@]3(CC4)C[C@H]3C(=O)OCC)ccc2-c2cc(OC)ncc2F)CCCC1. The minimum atomic E-state index is -0.378. The monoisotopic (exact) mass is 541 g/mol. The topological polar surface area (TPSA) is 57.7 Å². The maximum absolute atomic E-state index is 15.1. The molecule has 0 saturated heterocycles. The lowest BCUT2D eigenvalue weighted by Gasteiger charge is -2.29. The van der Waals surface area contributed by atoms with E-state index in [2.05, 4.69) is 29.8 Å².